The van der Waals surface area contributed by atoms with E-state index in [2.05, 4.69) is 14.8 Å². The van der Waals surface area contributed by atoms with Gasteiger partial charge in [0.25, 0.3) is 0 Å². The molecule has 1 N–H and O–H groups in total. The molecule has 0 aliphatic carbocycles. The van der Waals surface area contributed by atoms with Gasteiger partial charge in [0.05, 0.1) is 14.2 Å². The fraction of sp³-hybridized carbons (Fsp3) is 0.714. The number of amides is 1. The molecule has 1 fully saturated rings. The second kappa shape index (κ2) is 6.45. The number of carbonyl (C=O) groups excluding carboxylic acids is 2. The molecule has 0 radical (unpaired) electrons. The third-order valence-electron chi connectivity index (χ3n) is 1.24. The Balaban J connectivity index is 0.000000202. The molecular weight excluding hydrogens is 162 g/mol. The third-order valence-corrected chi connectivity index (χ3v) is 1.24. The van der Waals surface area contributed by atoms with Crippen molar-refractivity contribution < 1.29 is 19.1 Å². The molecule has 1 amide bonds. The maximum absolute atomic E-state index is 10.1. The number of hydrogen-bond donors (Lipinski definition) is 1. The Morgan fingerprint density at radius 2 is 2.00 bits per heavy atom. The first-order chi connectivity index (χ1) is 5.70. The quantitative estimate of drug-likeness (QED) is 0.537. The van der Waals surface area contributed by atoms with Crippen LogP contribution in [0, 0.1) is 0 Å². The number of carbonyl (C=O) groups is 2. The van der Waals surface area contributed by atoms with Crippen LogP contribution in [0.15, 0.2) is 0 Å². The summed E-state index contributed by atoms with van der Waals surface area (Å²) in [5.74, 6) is 0.204. The average molecular weight is 175 g/mol. The van der Waals surface area contributed by atoms with Gasteiger partial charge in [0.15, 0.2) is 0 Å². The lowest BCUT2D eigenvalue weighted by molar-refractivity contribution is -0.119. The van der Waals surface area contributed by atoms with Gasteiger partial charge < -0.3 is 14.8 Å². The summed E-state index contributed by atoms with van der Waals surface area (Å²) in [5.41, 5.74) is 0. The third kappa shape index (κ3) is 5.52. The minimum absolute atomic E-state index is 0.204. The summed E-state index contributed by atoms with van der Waals surface area (Å²) in [6.45, 7) is 0.888. The lowest BCUT2D eigenvalue weighted by atomic mass is 10.4. The fourth-order valence-corrected chi connectivity index (χ4v) is 0.648. The van der Waals surface area contributed by atoms with Crippen LogP contribution in [0.25, 0.3) is 0 Å². The van der Waals surface area contributed by atoms with Gasteiger partial charge in [-0.05, 0) is 6.42 Å². The highest BCUT2D eigenvalue weighted by atomic mass is 16.7. The molecule has 0 aromatic rings. The minimum atomic E-state index is -0.657. The van der Waals surface area contributed by atoms with Crippen molar-refractivity contribution in [3.05, 3.63) is 0 Å². The predicted octanol–water partition coefficient (Wildman–Crippen LogP) is 0.296. The van der Waals surface area contributed by atoms with Crippen LogP contribution in [0.3, 0.4) is 0 Å². The Morgan fingerprint density at radius 1 is 1.42 bits per heavy atom. The molecule has 0 atom stereocenters. The molecule has 1 aliphatic rings. The second-order valence-electron chi connectivity index (χ2n) is 2.11. The molecule has 0 saturated carbocycles. The zero-order chi connectivity index (χ0) is 9.40. The lowest BCUT2D eigenvalue weighted by Crippen LogP contribution is -2.12. The van der Waals surface area contributed by atoms with Gasteiger partial charge in [-0.3, -0.25) is 4.79 Å². The molecule has 0 aromatic heterocycles. The van der Waals surface area contributed by atoms with Crippen molar-refractivity contribution in [2.75, 3.05) is 20.8 Å². The van der Waals surface area contributed by atoms with Crippen molar-refractivity contribution in [3.8, 4) is 0 Å². The summed E-state index contributed by atoms with van der Waals surface area (Å²) in [7, 11) is 2.51. The van der Waals surface area contributed by atoms with Crippen LogP contribution in [-0.2, 0) is 14.3 Å². The predicted molar refractivity (Wildman–Crippen MR) is 41.7 cm³/mol. The van der Waals surface area contributed by atoms with Crippen LogP contribution in [0.4, 0.5) is 4.79 Å². The Bertz CT molecular complexity index is 141. The van der Waals surface area contributed by atoms with Crippen molar-refractivity contribution in [3.63, 3.8) is 0 Å². The van der Waals surface area contributed by atoms with E-state index in [1.807, 2.05) is 0 Å². The molecule has 5 nitrogen and oxygen atoms in total. The molecule has 0 aromatic carbocycles. The summed E-state index contributed by atoms with van der Waals surface area (Å²) in [4.78, 5) is 19.9. The summed E-state index contributed by atoms with van der Waals surface area (Å²) < 4.78 is 8.08. The van der Waals surface area contributed by atoms with Crippen molar-refractivity contribution in [1.82, 2.24) is 5.32 Å². The molecule has 5 heteroatoms. The maximum Gasteiger partial charge on any atom is 0.507 e. The number of methoxy groups -OCH3 is 2. The Hall–Kier alpha value is -1.26. The van der Waals surface area contributed by atoms with E-state index in [1.54, 1.807) is 0 Å². The molecule has 0 bridgehead atoms. The van der Waals surface area contributed by atoms with E-state index in [4.69, 9.17) is 0 Å². The van der Waals surface area contributed by atoms with Crippen LogP contribution in [0.5, 0.6) is 0 Å². The van der Waals surface area contributed by atoms with Gasteiger partial charge in [-0.2, -0.15) is 0 Å². The van der Waals surface area contributed by atoms with E-state index in [9.17, 15) is 9.59 Å². The Kier molecular flexibility index (Phi) is 5.77. The van der Waals surface area contributed by atoms with Crippen molar-refractivity contribution in [2.45, 2.75) is 12.8 Å². The molecule has 1 saturated heterocycles. The van der Waals surface area contributed by atoms with Gasteiger partial charge in [-0.15, -0.1) is 0 Å². The Morgan fingerprint density at radius 3 is 2.08 bits per heavy atom. The zero-order valence-electron chi connectivity index (χ0n) is 7.25. The fourth-order valence-electron chi connectivity index (χ4n) is 0.648. The van der Waals surface area contributed by atoms with Gasteiger partial charge in [-0.1, -0.05) is 0 Å². The van der Waals surface area contributed by atoms with Gasteiger partial charge in [0, 0.05) is 13.0 Å². The van der Waals surface area contributed by atoms with Crippen molar-refractivity contribution in [1.29, 1.82) is 0 Å². The molecular formula is C7H13NO4. The van der Waals surface area contributed by atoms with Crippen LogP contribution in [-0.4, -0.2) is 32.8 Å². The first kappa shape index (κ1) is 10.7. The van der Waals surface area contributed by atoms with Crippen LogP contribution in [0.2, 0.25) is 0 Å². The van der Waals surface area contributed by atoms with Gasteiger partial charge in [0.2, 0.25) is 5.91 Å². The molecule has 1 aliphatic heterocycles. The van der Waals surface area contributed by atoms with Gasteiger partial charge in [0.1, 0.15) is 0 Å². The molecule has 1 heterocycles. The second-order valence-corrected chi connectivity index (χ2v) is 2.11. The topological polar surface area (TPSA) is 64.6 Å². The van der Waals surface area contributed by atoms with Crippen LogP contribution in [0.1, 0.15) is 12.8 Å². The Labute approximate surface area is 71.0 Å². The summed E-state index contributed by atoms with van der Waals surface area (Å²) in [5, 5.41) is 2.68. The summed E-state index contributed by atoms with van der Waals surface area (Å²) in [6.07, 6.45) is 1.11. The monoisotopic (exact) mass is 175 g/mol. The SMILES string of the molecule is COC(=O)OC.O=C1CCCN1. The van der Waals surface area contributed by atoms with E-state index in [0.717, 1.165) is 19.4 Å². The largest absolute Gasteiger partial charge is 0.507 e. The first-order valence-electron chi connectivity index (χ1n) is 3.59. The van der Waals surface area contributed by atoms with E-state index >= 15 is 0 Å². The van der Waals surface area contributed by atoms with Crippen molar-refractivity contribution in [2.24, 2.45) is 0 Å². The normalized spacial score (nSPS) is 14.0. The molecule has 0 spiro atoms. The number of hydrogen-bond acceptors (Lipinski definition) is 4. The van der Waals surface area contributed by atoms with Gasteiger partial charge in [-0.25, -0.2) is 4.79 Å². The van der Waals surface area contributed by atoms with Gasteiger partial charge >= 0.3 is 6.16 Å². The number of ether oxygens (including phenoxy) is 2. The molecule has 0 unspecified atom stereocenters. The lowest BCUT2D eigenvalue weighted by Gasteiger charge is -1.89. The highest BCUT2D eigenvalue weighted by molar-refractivity contribution is 5.77. The highest BCUT2D eigenvalue weighted by Gasteiger charge is 2.05. The maximum atomic E-state index is 10.1. The molecule has 70 valence electrons. The van der Waals surface area contributed by atoms with E-state index < -0.39 is 6.16 Å². The van der Waals surface area contributed by atoms with E-state index in [1.165, 1.54) is 14.2 Å². The summed E-state index contributed by atoms with van der Waals surface area (Å²) >= 11 is 0. The average Bonchev–Trinajstić information content (AvgIpc) is 2.55. The summed E-state index contributed by atoms with van der Waals surface area (Å²) in [6, 6.07) is 0. The van der Waals surface area contributed by atoms with Crippen molar-refractivity contribution >= 4 is 12.1 Å². The highest BCUT2D eigenvalue weighted by Crippen LogP contribution is 1.93. The van der Waals surface area contributed by atoms with Crippen LogP contribution < -0.4 is 5.32 Å². The number of rotatable bonds is 0. The minimum Gasteiger partial charge on any atom is -0.438 e. The zero-order valence-corrected chi connectivity index (χ0v) is 7.25. The smallest absolute Gasteiger partial charge is 0.438 e. The van der Waals surface area contributed by atoms with E-state index in [-0.39, 0.29) is 5.91 Å². The number of nitrogens with one attached hydrogen (secondary N) is 1. The van der Waals surface area contributed by atoms with Crippen LogP contribution >= 0.6 is 0 Å². The standard InChI is InChI=1S/C4H7NO.C3H6O3/c6-4-2-1-3-5-4;1-5-3(4)6-2/h1-3H2,(H,5,6);1-2H3. The molecule has 12 heavy (non-hydrogen) atoms. The van der Waals surface area contributed by atoms with E-state index in [0.29, 0.717) is 0 Å². The molecule has 1 rings (SSSR count). The first-order valence-corrected chi connectivity index (χ1v) is 3.59.